The zero-order chi connectivity index (χ0) is 12.7. The lowest BCUT2D eigenvalue weighted by Gasteiger charge is -2.11. The first-order valence-corrected chi connectivity index (χ1v) is 6.36. The number of hydrogen-bond donors (Lipinski definition) is 1. The molecule has 4 nitrogen and oxygen atoms in total. The highest BCUT2D eigenvalue weighted by Crippen LogP contribution is 2.15. The van der Waals surface area contributed by atoms with Crippen LogP contribution in [0.25, 0.3) is 0 Å². The minimum absolute atomic E-state index is 0.403. The summed E-state index contributed by atoms with van der Waals surface area (Å²) < 4.78 is 5.48. The predicted molar refractivity (Wildman–Crippen MR) is 70.2 cm³/mol. The Kier molecular flexibility index (Phi) is 5.91. The van der Waals surface area contributed by atoms with Gasteiger partial charge in [-0.2, -0.15) is 0 Å². The van der Waals surface area contributed by atoms with Crippen molar-refractivity contribution >= 4 is 5.82 Å². The van der Waals surface area contributed by atoms with E-state index >= 15 is 0 Å². The maximum absolute atomic E-state index is 5.48. The Morgan fingerprint density at radius 1 is 1.29 bits per heavy atom. The van der Waals surface area contributed by atoms with Gasteiger partial charge in [-0.3, -0.25) is 0 Å². The molecule has 1 aromatic heterocycles. The maximum Gasteiger partial charge on any atom is 0.156 e. The first kappa shape index (κ1) is 13.9. The summed E-state index contributed by atoms with van der Waals surface area (Å²) in [7, 11) is 0. The third-order valence-electron chi connectivity index (χ3n) is 2.32. The van der Waals surface area contributed by atoms with Crippen molar-refractivity contribution in [2.75, 3.05) is 18.5 Å². The Balaban J connectivity index is 2.79. The molecule has 0 aliphatic rings. The number of anilines is 1. The Hall–Kier alpha value is -1.16. The molecule has 0 radical (unpaired) electrons. The van der Waals surface area contributed by atoms with Crippen LogP contribution in [0.15, 0.2) is 6.07 Å². The monoisotopic (exact) mass is 237 g/mol. The molecule has 1 heterocycles. The third-order valence-corrected chi connectivity index (χ3v) is 2.32. The quantitative estimate of drug-likeness (QED) is 0.741. The third kappa shape index (κ3) is 4.69. The molecule has 0 saturated carbocycles. The molecule has 0 amide bonds. The van der Waals surface area contributed by atoms with Crippen LogP contribution in [-0.2, 0) is 11.3 Å². The van der Waals surface area contributed by atoms with Crippen molar-refractivity contribution in [1.29, 1.82) is 0 Å². The molecule has 0 aliphatic heterocycles. The lowest BCUT2D eigenvalue weighted by atomic mass is 10.1. The van der Waals surface area contributed by atoms with E-state index in [0.29, 0.717) is 12.5 Å². The van der Waals surface area contributed by atoms with E-state index in [-0.39, 0.29) is 0 Å². The molecule has 1 N–H and O–H groups in total. The van der Waals surface area contributed by atoms with E-state index in [1.807, 2.05) is 6.07 Å². The molecule has 1 rings (SSSR count). The Morgan fingerprint density at radius 3 is 2.65 bits per heavy atom. The normalized spacial score (nSPS) is 10.9. The molecule has 0 bridgehead atoms. The van der Waals surface area contributed by atoms with Crippen LogP contribution in [0.4, 0.5) is 5.82 Å². The minimum atomic E-state index is 0.403. The predicted octanol–water partition coefficient (Wildman–Crippen LogP) is 2.96. The maximum atomic E-state index is 5.48. The molecule has 0 spiro atoms. The zero-order valence-corrected chi connectivity index (χ0v) is 11.3. The van der Waals surface area contributed by atoms with E-state index in [0.717, 1.165) is 36.9 Å². The lowest BCUT2D eigenvalue weighted by molar-refractivity contribution is 0.116. The highest BCUT2D eigenvalue weighted by Gasteiger charge is 2.07. The van der Waals surface area contributed by atoms with Crippen LogP contribution in [-0.4, -0.2) is 23.1 Å². The Labute approximate surface area is 104 Å². The van der Waals surface area contributed by atoms with E-state index in [1.165, 1.54) is 0 Å². The second-order valence-corrected chi connectivity index (χ2v) is 4.33. The van der Waals surface area contributed by atoms with Crippen molar-refractivity contribution in [2.45, 2.75) is 46.6 Å². The van der Waals surface area contributed by atoms with Gasteiger partial charge in [0.2, 0.25) is 0 Å². The number of nitrogens with one attached hydrogen (secondary N) is 1. The number of ether oxygens (including phenoxy) is 1. The van der Waals surface area contributed by atoms with Crippen molar-refractivity contribution in [2.24, 2.45) is 0 Å². The summed E-state index contributed by atoms with van der Waals surface area (Å²) in [6, 6.07) is 2.01. The summed E-state index contributed by atoms with van der Waals surface area (Å²) in [4.78, 5) is 8.94. The van der Waals surface area contributed by atoms with Gasteiger partial charge in [-0.05, 0) is 19.3 Å². The molecular formula is C13H23N3O. The SMILES string of the molecule is CCCOCc1nc(NCC)cc(C(C)C)n1. The van der Waals surface area contributed by atoms with E-state index in [1.54, 1.807) is 0 Å². The fourth-order valence-corrected chi connectivity index (χ4v) is 1.46. The molecule has 1 aromatic rings. The molecule has 0 unspecified atom stereocenters. The van der Waals surface area contributed by atoms with Gasteiger partial charge in [-0.15, -0.1) is 0 Å². The first-order chi connectivity index (χ1) is 8.17. The summed E-state index contributed by atoms with van der Waals surface area (Å²) >= 11 is 0. The van der Waals surface area contributed by atoms with E-state index in [4.69, 9.17) is 4.74 Å². The van der Waals surface area contributed by atoms with Gasteiger partial charge >= 0.3 is 0 Å². The zero-order valence-electron chi connectivity index (χ0n) is 11.3. The molecule has 0 saturated heterocycles. The lowest BCUT2D eigenvalue weighted by Crippen LogP contribution is -2.08. The average Bonchev–Trinajstić information content (AvgIpc) is 2.29. The molecule has 0 aromatic carbocycles. The van der Waals surface area contributed by atoms with Gasteiger partial charge in [0.15, 0.2) is 5.82 Å². The number of rotatable bonds is 7. The van der Waals surface area contributed by atoms with E-state index in [2.05, 4.69) is 43.0 Å². The molecular weight excluding hydrogens is 214 g/mol. The van der Waals surface area contributed by atoms with Gasteiger partial charge in [-0.25, -0.2) is 9.97 Å². The molecule has 17 heavy (non-hydrogen) atoms. The Morgan fingerprint density at radius 2 is 2.06 bits per heavy atom. The molecule has 4 heteroatoms. The van der Waals surface area contributed by atoms with Crippen molar-refractivity contribution in [3.8, 4) is 0 Å². The number of aromatic nitrogens is 2. The van der Waals surface area contributed by atoms with Crippen LogP contribution in [0.5, 0.6) is 0 Å². The summed E-state index contributed by atoms with van der Waals surface area (Å²) in [6.07, 6.45) is 1.02. The molecule has 0 atom stereocenters. The van der Waals surface area contributed by atoms with Crippen molar-refractivity contribution in [3.05, 3.63) is 17.6 Å². The fraction of sp³-hybridized carbons (Fsp3) is 0.692. The van der Waals surface area contributed by atoms with Crippen LogP contribution >= 0.6 is 0 Å². The topological polar surface area (TPSA) is 47.0 Å². The van der Waals surface area contributed by atoms with Crippen molar-refractivity contribution < 1.29 is 4.74 Å². The van der Waals surface area contributed by atoms with Crippen LogP contribution in [0.2, 0.25) is 0 Å². The summed E-state index contributed by atoms with van der Waals surface area (Å²) in [5.41, 5.74) is 1.06. The van der Waals surface area contributed by atoms with Crippen LogP contribution < -0.4 is 5.32 Å². The van der Waals surface area contributed by atoms with Crippen LogP contribution in [0.1, 0.15) is 51.6 Å². The Bertz CT molecular complexity index is 339. The second-order valence-electron chi connectivity index (χ2n) is 4.33. The van der Waals surface area contributed by atoms with Gasteiger partial charge < -0.3 is 10.1 Å². The smallest absolute Gasteiger partial charge is 0.156 e. The highest BCUT2D eigenvalue weighted by molar-refractivity contribution is 5.36. The summed E-state index contributed by atoms with van der Waals surface area (Å²) in [5, 5.41) is 3.23. The number of nitrogens with zero attached hydrogens (tertiary/aromatic N) is 2. The second kappa shape index (κ2) is 7.22. The number of hydrogen-bond acceptors (Lipinski definition) is 4. The van der Waals surface area contributed by atoms with Gasteiger partial charge in [-0.1, -0.05) is 20.8 Å². The van der Waals surface area contributed by atoms with Gasteiger partial charge in [0.25, 0.3) is 0 Å². The first-order valence-electron chi connectivity index (χ1n) is 6.36. The standard InChI is InChI=1S/C13H23N3O/c1-5-7-17-9-13-15-11(10(3)4)8-12(16-13)14-6-2/h8,10H,5-7,9H2,1-4H3,(H,14,15,16). The summed E-state index contributed by atoms with van der Waals surface area (Å²) in [5.74, 6) is 2.06. The van der Waals surface area contributed by atoms with E-state index < -0.39 is 0 Å². The van der Waals surface area contributed by atoms with E-state index in [9.17, 15) is 0 Å². The highest BCUT2D eigenvalue weighted by atomic mass is 16.5. The molecule has 0 aliphatic carbocycles. The van der Waals surface area contributed by atoms with Crippen LogP contribution in [0, 0.1) is 0 Å². The van der Waals surface area contributed by atoms with Crippen LogP contribution in [0.3, 0.4) is 0 Å². The van der Waals surface area contributed by atoms with Gasteiger partial charge in [0, 0.05) is 24.9 Å². The largest absolute Gasteiger partial charge is 0.373 e. The fourth-order valence-electron chi connectivity index (χ4n) is 1.46. The molecule has 0 fully saturated rings. The van der Waals surface area contributed by atoms with Crippen molar-refractivity contribution in [3.63, 3.8) is 0 Å². The van der Waals surface area contributed by atoms with Crippen molar-refractivity contribution in [1.82, 2.24) is 9.97 Å². The molecule has 96 valence electrons. The average molecular weight is 237 g/mol. The van der Waals surface area contributed by atoms with Gasteiger partial charge in [0.1, 0.15) is 12.4 Å². The minimum Gasteiger partial charge on any atom is -0.373 e. The van der Waals surface area contributed by atoms with Gasteiger partial charge in [0.05, 0.1) is 0 Å². The summed E-state index contributed by atoms with van der Waals surface area (Å²) in [6.45, 7) is 10.5.